The van der Waals surface area contributed by atoms with Crippen LogP contribution in [-0.2, 0) is 16.6 Å². The molecule has 1 aliphatic rings. The smallest absolute Gasteiger partial charge is 0.264 e. The number of anilines is 2. The number of aromatic nitrogens is 2. The maximum atomic E-state index is 12.5. The van der Waals surface area contributed by atoms with Crippen LogP contribution in [0.2, 0.25) is 5.02 Å². The lowest BCUT2D eigenvalue weighted by Crippen LogP contribution is -2.26. The van der Waals surface area contributed by atoms with Crippen molar-refractivity contribution in [2.24, 2.45) is 0 Å². The maximum absolute atomic E-state index is 12.5. The van der Waals surface area contributed by atoms with Crippen molar-refractivity contribution in [3.05, 3.63) is 64.1 Å². The molecule has 3 heterocycles. The Hall–Kier alpha value is -2.20. The second-order valence-electron chi connectivity index (χ2n) is 6.83. The van der Waals surface area contributed by atoms with E-state index in [0.29, 0.717) is 5.82 Å². The van der Waals surface area contributed by atoms with Crippen molar-refractivity contribution < 1.29 is 8.42 Å². The molecule has 0 bridgehead atoms. The summed E-state index contributed by atoms with van der Waals surface area (Å²) in [5, 5.41) is 5.22. The highest BCUT2D eigenvalue weighted by atomic mass is 35.5. The van der Waals surface area contributed by atoms with Gasteiger partial charge in [0.25, 0.3) is 10.0 Å². The van der Waals surface area contributed by atoms with Crippen molar-refractivity contribution in [3.8, 4) is 0 Å². The fourth-order valence-corrected chi connectivity index (χ4v) is 5.08. The third-order valence-electron chi connectivity index (χ3n) is 4.66. The van der Waals surface area contributed by atoms with Crippen molar-refractivity contribution in [1.29, 1.82) is 0 Å². The molecule has 2 aromatic heterocycles. The summed E-state index contributed by atoms with van der Waals surface area (Å²) in [6.45, 7) is 2.76. The molecule has 2 N–H and O–H groups in total. The monoisotopic (exact) mass is 449 g/mol. The van der Waals surface area contributed by atoms with Crippen LogP contribution in [0.15, 0.2) is 58.4 Å². The SMILES string of the molecule is O=S(=O)(Nc1cscn1)c1cnc(NC2CCN(Cc3ccccc3)C2)c(Cl)c1. The van der Waals surface area contributed by atoms with Crippen molar-refractivity contribution in [3.63, 3.8) is 0 Å². The van der Waals surface area contributed by atoms with Gasteiger partial charge < -0.3 is 5.32 Å². The third kappa shape index (κ3) is 5.05. The van der Waals surface area contributed by atoms with Gasteiger partial charge in [-0.15, -0.1) is 11.3 Å². The van der Waals surface area contributed by atoms with Gasteiger partial charge in [0.2, 0.25) is 0 Å². The molecule has 152 valence electrons. The first kappa shape index (κ1) is 20.1. The summed E-state index contributed by atoms with van der Waals surface area (Å²) in [7, 11) is -3.78. The molecule has 4 rings (SSSR count). The summed E-state index contributed by atoms with van der Waals surface area (Å²) in [5.41, 5.74) is 2.84. The molecule has 0 radical (unpaired) electrons. The molecule has 0 spiro atoms. The molecule has 1 atom stereocenters. The van der Waals surface area contributed by atoms with Gasteiger partial charge in [-0.1, -0.05) is 41.9 Å². The van der Waals surface area contributed by atoms with Gasteiger partial charge in [0.05, 0.1) is 10.5 Å². The van der Waals surface area contributed by atoms with Crippen molar-refractivity contribution in [1.82, 2.24) is 14.9 Å². The summed E-state index contributed by atoms with van der Waals surface area (Å²) in [5.74, 6) is 0.767. The number of likely N-dealkylation sites (tertiary alicyclic amines) is 1. The quantitative estimate of drug-likeness (QED) is 0.572. The van der Waals surface area contributed by atoms with E-state index >= 15 is 0 Å². The summed E-state index contributed by atoms with van der Waals surface area (Å²) in [6.07, 6.45) is 2.27. The van der Waals surface area contributed by atoms with E-state index in [1.807, 2.05) is 18.2 Å². The first-order valence-corrected chi connectivity index (χ1v) is 11.9. The predicted molar refractivity (Wildman–Crippen MR) is 116 cm³/mol. The number of halogens is 1. The molecule has 1 unspecified atom stereocenters. The molecular formula is C19H20ClN5O2S2. The minimum Gasteiger partial charge on any atom is -0.365 e. The summed E-state index contributed by atoms with van der Waals surface area (Å²) in [6, 6.07) is 12.0. The van der Waals surface area contributed by atoms with Crippen LogP contribution in [0.4, 0.5) is 11.6 Å². The Kier molecular flexibility index (Phi) is 6.00. The molecule has 29 heavy (non-hydrogen) atoms. The minimum absolute atomic E-state index is 0.00169. The van der Waals surface area contributed by atoms with Crippen LogP contribution in [0, 0.1) is 0 Å². The highest BCUT2D eigenvalue weighted by Gasteiger charge is 2.24. The second-order valence-corrected chi connectivity index (χ2v) is 9.64. The first-order valence-electron chi connectivity index (χ1n) is 9.09. The van der Waals surface area contributed by atoms with E-state index in [1.165, 1.54) is 29.2 Å². The van der Waals surface area contributed by atoms with Crippen LogP contribution in [0.5, 0.6) is 0 Å². The Morgan fingerprint density at radius 3 is 2.79 bits per heavy atom. The summed E-state index contributed by atoms with van der Waals surface area (Å²) < 4.78 is 27.3. The number of sulfonamides is 1. The maximum Gasteiger partial charge on any atom is 0.264 e. The van der Waals surface area contributed by atoms with Crippen LogP contribution in [0.1, 0.15) is 12.0 Å². The average molecular weight is 450 g/mol. The van der Waals surface area contributed by atoms with Crippen molar-refractivity contribution >= 4 is 44.6 Å². The lowest BCUT2D eigenvalue weighted by Gasteiger charge is -2.18. The number of hydrogen-bond donors (Lipinski definition) is 2. The molecule has 0 amide bonds. The lowest BCUT2D eigenvalue weighted by atomic mass is 10.2. The van der Waals surface area contributed by atoms with E-state index in [9.17, 15) is 8.42 Å². The number of rotatable bonds is 7. The Morgan fingerprint density at radius 1 is 1.24 bits per heavy atom. The van der Waals surface area contributed by atoms with Gasteiger partial charge in [0.1, 0.15) is 10.7 Å². The first-order chi connectivity index (χ1) is 14.0. The number of nitrogens with zero attached hydrogens (tertiary/aromatic N) is 3. The van der Waals surface area contributed by atoms with Crippen molar-refractivity contribution in [2.45, 2.75) is 23.9 Å². The normalized spacial score (nSPS) is 17.3. The van der Waals surface area contributed by atoms with Gasteiger partial charge in [-0.05, 0) is 18.1 Å². The number of hydrogen-bond acceptors (Lipinski definition) is 7. The van der Waals surface area contributed by atoms with Crippen molar-refractivity contribution in [2.75, 3.05) is 23.1 Å². The molecule has 1 aromatic carbocycles. The second kappa shape index (κ2) is 8.66. The van der Waals surface area contributed by atoms with Gasteiger partial charge in [-0.3, -0.25) is 9.62 Å². The standard InChI is InChI=1S/C19H20ClN5O2S2/c20-17-8-16(29(26,27)24-18-12-28-13-22-18)9-21-19(17)23-15-6-7-25(11-15)10-14-4-2-1-3-5-14/h1-5,8-9,12-13,15,24H,6-7,10-11H2,(H,21,23). The van der Waals surface area contributed by atoms with Crippen LogP contribution >= 0.6 is 22.9 Å². The van der Waals surface area contributed by atoms with E-state index in [-0.39, 0.29) is 21.8 Å². The number of benzene rings is 1. The topological polar surface area (TPSA) is 87.2 Å². The van der Waals surface area contributed by atoms with Crippen LogP contribution in [0.3, 0.4) is 0 Å². The zero-order valence-corrected chi connectivity index (χ0v) is 17.8. The van der Waals surface area contributed by atoms with Gasteiger partial charge in [-0.25, -0.2) is 18.4 Å². The van der Waals surface area contributed by atoms with E-state index in [1.54, 1.807) is 10.9 Å². The van der Waals surface area contributed by atoms with E-state index in [2.05, 4.69) is 37.0 Å². The Balaban J connectivity index is 1.39. The molecule has 0 aliphatic carbocycles. The fourth-order valence-electron chi connectivity index (χ4n) is 3.26. The highest BCUT2D eigenvalue weighted by Crippen LogP contribution is 2.26. The van der Waals surface area contributed by atoms with Crippen LogP contribution in [-0.4, -0.2) is 42.4 Å². The lowest BCUT2D eigenvalue weighted by molar-refractivity contribution is 0.328. The van der Waals surface area contributed by atoms with Gasteiger partial charge in [0, 0.05) is 37.3 Å². The zero-order valence-electron chi connectivity index (χ0n) is 15.5. The molecule has 1 aliphatic heterocycles. The van der Waals surface area contributed by atoms with Crippen LogP contribution < -0.4 is 10.0 Å². The van der Waals surface area contributed by atoms with E-state index < -0.39 is 10.0 Å². The Labute approximate surface area is 178 Å². The van der Waals surface area contributed by atoms with Gasteiger partial charge >= 0.3 is 0 Å². The highest BCUT2D eigenvalue weighted by molar-refractivity contribution is 7.92. The number of pyridine rings is 1. The Morgan fingerprint density at radius 2 is 2.07 bits per heavy atom. The molecule has 1 fully saturated rings. The Bertz CT molecular complexity index is 1060. The summed E-state index contributed by atoms with van der Waals surface area (Å²) >= 11 is 7.62. The predicted octanol–water partition coefficient (Wildman–Crippen LogP) is 3.68. The minimum atomic E-state index is -3.78. The van der Waals surface area contributed by atoms with Gasteiger partial charge in [0.15, 0.2) is 5.82 Å². The fraction of sp³-hybridized carbons (Fsp3) is 0.263. The average Bonchev–Trinajstić information content (AvgIpc) is 3.36. The summed E-state index contributed by atoms with van der Waals surface area (Å²) in [4.78, 5) is 10.5. The molecule has 3 aromatic rings. The molecule has 7 nitrogen and oxygen atoms in total. The molecule has 10 heteroatoms. The molecule has 1 saturated heterocycles. The van der Waals surface area contributed by atoms with Crippen LogP contribution in [0.25, 0.3) is 0 Å². The van der Waals surface area contributed by atoms with E-state index in [4.69, 9.17) is 11.6 Å². The van der Waals surface area contributed by atoms with E-state index in [0.717, 1.165) is 26.1 Å². The largest absolute Gasteiger partial charge is 0.365 e. The molecular weight excluding hydrogens is 430 g/mol. The third-order valence-corrected chi connectivity index (χ3v) is 6.86. The molecule has 0 saturated carbocycles. The van der Waals surface area contributed by atoms with Gasteiger partial charge in [-0.2, -0.15) is 0 Å². The number of nitrogens with one attached hydrogen (secondary N) is 2. The zero-order chi connectivity index (χ0) is 20.3. The number of thiazole rings is 1.